The Hall–Kier alpha value is -1.09. The molecule has 0 radical (unpaired) electrons. The molecule has 1 aromatic heterocycles. The molecule has 1 unspecified atom stereocenters. The molecule has 1 aromatic rings. The minimum atomic E-state index is 0.599. The third kappa shape index (κ3) is 4.20. The van der Waals surface area contributed by atoms with Gasteiger partial charge < -0.3 is 10.2 Å². The molecule has 2 rings (SSSR count). The molecule has 0 aliphatic carbocycles. The second-order valence-electron chi connectivity index (χ2n) is 6.09. The zero-order chi connectivity index (χ0) is 13.7. The Kier molecular flexibility index (Phi) is 5.20. The van der Waals surface area contributed by atoms with Crippen LogP contribution in [-0.4, -0.2) is 30.7 Å². The lowest BCUT2D eigenvalue weighted by molar-refractivity contribution is 0.420. The monoisotopic (exact) mass is 261 g/mol. The summed E-state index contributed by atoms with van der Waals surface area (Å²) >= 11 is 0. The lowest BCUT2D eigenvalue weighted by Gasteiger charge is -2.37. The van der Waals surface area contributed by atoms with Crippen LogP contribution in [0, 0.1) is 12.8 Å². The number of hydrogen-bond acceptors (Lipinski definition) is 3. The topological polar surface area (TPSA) is 28.2 Å². The van der Waals surface area contributed by atoms with Crippen molar-refractivity contribution < 1.29 is 0 Å². The molecular formula is C16H27N3. The van der Waals surface area contributed by atoms with Gasteiger partial charge in [0, 0.05) is 25.3 Å². The van der Waals surface area contributed by atoms with Crippen LogP contribution in [0.25, 0.3) is 0 Å². The molecule has 1 aliphatic rings. The third-order valence-electron chi connectivity index (χ3n) is 3.75. The Morgan fingerprint density at radius 2 is 2.26 bits per heavy atom. The fraction of sp³-hybridized carbons (Fsp3) is 0.688. The Bertz CT molecular complexity index is 389. The van der Waals surface area contributed by atoms with E-state index in [9.17, 15) is 0 Å². The molecule has 0 spiro atoms. The molecular weight excluding hydrogens is 234 g/mol. The van der Waals surface area contributed by atoms with Gasteiger partial charge in [0.05, 0.1) is 0 Å². The Morgan fingerprint density at radius 1 is 1.42 bits per heavy atom. The summed E-state index contributed by atoms with van der Waals surface area (Å²) in [5, 5.41) is 3.60. The molecule has 1 aliphatic heterocycles. The minimum absolute atomic E-state index is 0.599. The molecule has 0 aromatic carbocycles. The molecule has 1 N–H and O–H groups in total. The standard InChI is InChI=1S/C16H27N3/c1-13(2)11-17-12-15-6-4-5-9-19(15)16-10-14(3)7-8-18-16/h7-8,10,13,15,17H,4-6,9,11-12H2,1-3H3. The highest BCUT2D eigenvalue weighted by Gasteiger charge is 2.23. The molecule has 1 atom stereocenters. The van der Waals surface area contributed by atoms with Crippen LogP contribution >= 0.6 is 0 Å². The SMILES string of the molecule is Cc1ccnc(N2CCCCC2CNCC(C)C)c1. The fourth-order valence-corrected chi connectivity index (χ4v) is 2.73. The summed E-state index contributed by atoms with van der Waals surface area (Å²) in [5.74, 6) is 1.87. The number of rotatable bonds is 5. The zero-order valence-corrected chi connectivity index (χ0v) is 12.5. The van der Waals surface area contributed by atoms with Crippen molar-refractivity contribution in [1.82, 2.24) is 10.3 Å². The first-order chi connectivity index (χ1) is 9.16. The van der Waals surface area contributed by atoms with Crippen LogP contribution in [-0.2, 0) is 0 Å². The van der Waals surface area contributed by atoms with Crippen LogP contribution in [0.4, 0.5) is 5.82 Å². The van der Waals surface area contributed by atoms with E-state index in [1.54, 1.807) is 0 Å². The highest BCUT2D eigenvalue weighted by Crippen LogP contribution is 2.23. The van der Waals surface area contributed by atoms with E-state index in [2.05, 4.69) is 48.1 Å². The van der Waals surface area contributed by atoms with Crippen LogP contribution < -0.4 is 10.2 Å². The first kappa shape index (κ1) is 14.3. The molecule has 0 bridgehead atoms. The van der Waals surface area contributed by atoms with Crippen molar-refractivity contribution in [2.24, 2.45) is 5.92 Å². The largest absolute Gasteiger partial charge is 0.352 e. The lowest BCUT2D eigenvalue weighted by Crippen LogP contribution is -2.46. The van der Waals surface area contributed by atoms with Gasteiger partial charge in [-0.2, -0.15) is 0 Å². The van der Waals surface area contributed by atoms with Crippen molar-refractivity contribution in [1.29, 1.82) is 0 Å². The van der Waals surface area contributed by atoms with Crippen LogP contribution in [0.5, 0.6) is 0 Å². The van der Waals surface area contributed by atoms with Crippen molar-refractivity contribution in [2.75, 3.05) is 24.5 Å². The molecule has 1 saturated heterocycles. The van der Waals surface area contributed by atoms with Crippen LogP contribution in [0.15, 0.2) is 18.3 Å². The van der Waals surface area contributed by atoms with Gasteiger partial charge in [-0.05, 0) is 56.3 Å². The van der Waals surface area contributed by atoms with E-state index in [0.717, 1.165) is 25.5 Å². The van der Waals surface area contributed by atoms with E-state index >= 15 is 0 Å². The van der Waals surface area contributed by atoms with Crippen molar-refractivity contribution in [3.8, 4) is 0 Å². The maximum Gasteiger partial charge on any atom is 0.129 e. The summed E-state index contributed by atoms with van der Waals surface area (Å²) in [5.41, 5.74) is 1.30. The van der Waals surface area contributed by atoms with E-state index in [0.29, 0.717) is 12.0 Å². The highest BCUT2D eigenvalue weighted by atomic mass is 15.2. The summed E-state index contributed by atoms with van der Waals surface area (Å²) in [4.78, 5) is 7.04. The molecule has 0 amide bonds. The summed E-state index contributed by atoms with van der Waals surface area (Å²) in [6, 6.07) is 4.88. The lowest BCUT2D eigenvalue weighted by atomic mass is 10.0. The van der Waals surface area contributed by atoms with Crippen molar-refractivity contribution >= 4 is 5.82 Å². The maximum atomic E-state index is 4.55. The maximum absolute atomic E-state index is 4.55. The number of aryl methyl sites for hydroxylation is 1. The van der Waals surface area contributed by atoms with Crippen molar-refractivity contribution in [3.63, 3.8) is 0 Å². The predicted octanol–water partition coefficient (Wildman–Crippen LogP) is 2.99. The summed E-state index contributed by atoms with van der Waals surface area (Å²) in [6.07, 6.45) is 5.84. The van der Waals surface area contributed by atoms with Gasteiger partial charge in [-0.3, -0.25) is 0 Å². The molecule has 3 nitrogen and oxygen atoms in total. The van der Waals surface area contributed by atoms with E-state index in [-0.39, 0.29) is 0 Å². The Morgan fingerprint density at radius 3 is 3.00 bits per heavy atom. The number of nitrogens with one attached hydrogen (secondary N) is 1. The van der Waals surface area contributed by atoms with Gasteiger partial charge in [-0.25, -0.2) is 4.98 Å². The van der Waals surface area contributed by atoms with Gasteiger partial charge in [-0.15, -0.1) is 0 Å². The Balaban J connectivity index is 1.99. The Labute approximate surface area is 117 Å². The van der Waals surface area contributed by atoms with Gasteiger partial charge in [-0.1, -0.05) is 13.8 Å². The number of nitrogens with zero attached hydrogens (tertiary/aromatic N) is 2. The molecule has 3 heteroatoms. The highest BCUT2D eigenvalue weighted by molar-refractivity contribution is 5.42. The van der Waals surface area contributed by atoms with E-state index < -0.39 is 0 Å². The summed E-state index contributed by atoms with van der Waals surface area (Å²) in [6.45, 7) is 9.98. The van der Waals surface area contributed by atoms with Gasteiger partial charge >= 0.3 is 0 Å². The molecule has 1 fully saturated rings. The number of piperidine rings is 1. The minimum Gasteiger partial charge on any atom is -0.352 e. The van der Waals surface area contributed by atoms with Gasteiger partial charge in [0.1, 0.15) is 5.82 Å². The predicted molar refractivity (Wildman–Crippen MR) is 81.7 cm³/mol. The van der Waals surface area contributed by atoms with E-state index in [4.69, 9.17) is 0 Å². The molecule has 106 valence electrons. The molecule has 19 heavy (non-hydrogen) atoms. The summed E-state index contributed by atoms with van der Waals surface area (Å²) < 4.78 is 0. The molecule has 2 heterocycles. The fourth-order valence-electron chi connectivity index (χ4n) is 2.73. The number of anilines is 1. The van der Waals surface area contributed by atoms with Gasteiger partial charge in [0.25, 0.3) is 0 Å². The second-order valence-corrected chi connectivity index (χ2v) is 6.09. The first-order valence-corrected chi connectivity index (χ1v) is 7.57. The second kappa shape index (κ2) is 6.90. The first-order valence-electron chi connectivity index (χ1n) is 7.57. The van der Waals surface area contributed by atoms with Crippen LogP contribution in [0.3, 0.4) is 0 Å². The average molecular weight is 261 g/mol. The van der Waals surface area contributed by atoms with E-state index in [1.165, 1.54) is 24.8 Å². The van der Waals surface area contributed by atoms with Crippen LogP contribution in [0.1, 0.15) is 38.7 Å². The third-order valence-corrected chi connectivity index (χ3v) is 3.75. The van der Waals surface area contributed by atoms with E-state index in [1.807, 2.05) is 6.20 Å². The quantitative estimate of drug-likeness (QED) is 0.883. The van der Waals surface area contributed by atoms with Crippen molar-refractivity contribution in [2.45, 2.75) is 46.1 Å². The zero-order valence-electron chi connectivity index (χ0n) is 12.5. The number of pyridine rings is 1. The summed E-state index contributed by atoms with van der Waals surface area (Å²) in [7, 11) is 0. The van der Waals surface area contributed by atoms with Gasteiger partial charge in [0.15, 0.2) is 0 Å². The normalized spacial score (nSPS) is 20.0. The van der Waals surface area contributed by atoms with Crippen LogP contribution in [0.2, 0.25) is 0 Å². The number of hydrogen-bond donors (Lipinski definition) is 1. The van der Waals surface area contributed by atoms with Gasteiger partial charge in [0.2, 0.25) is 0 Å². The smallest absolute Gasteiger partial charge is 0.129 e. The molecule has 0 saturated carbocycles. The number of aromatic nitrogens is 1. The average Bonchev–Trinajstić information content (AvgIpc) is 2.39. The van der Waals surface area contributed by atoms with Crippen molar-refractivity contribution in [3.05, 3.63) is 23.9 Å².